The van der Waals surface area contributed by atoms with Crippen molar-refractivity contribution in [3.05, 3.63) is 271 Å². The van der Waals surface area contributed by atoms with Gasteiger partial charge >= 0.3 is 0 Å². The van der Waals surface area contributed by atoms with Crippen molar-refractivity contribution in [1.82, 2.24) is 13.7 Å². The molecule has 12 aromatic carbocycles. The van der Waals surface area contributed by atoms with E-state index in [2.05, 4.69) is 268 Å². The van der Waals surface area contributed by atoms with Crippen LogP contribution in [0.2, 0.25) is 0 Å². The molecule has 0 fully saturated rings. The molecule has 0 radical (unpaired) electrons. The molecule has 18 rings (SSSR count). The summed E-state index contributed by atoms with van der Waals surface area (Å²) in [4.78, 5) is 0. The summed E-state index contributed by atoms with van der Waals surface area (Å²) in [6.45, 7) is 0. The van der Waals surface area contributed by atoms with Crippen molar-refractivity contribution in [3.63, 3.8) is 0 Å². The van der Waals surface area contributed by atoms with Crippen LogP contribution in [0.5, 0.6) is 0 Å². The zero-order valence-electron chi connectivity index (χ0n) is 43.4. The molecule has 5 aromatic heterocycles. The third-order valence-corrected chi connectivity index (χ3v) is 17.7. The molecule has 0 bridgehead atoms. The number of fused-ring (bicyclic) bond motifs is 18. The van der Waals surface area contributed by atoms with E-state index in [1.807, 2.05) is 0 Å². The van der Waals surface area contributed by atoms with Crippen LogP contribution in [0, 0.1) is 0 Å². The van der Waals surface area contributed by atoms with E-state index < -0.39 is 0 Å². The van der Waals surface area contributed by atoms with Crippen LogP contribution in [-0.4, -0.2) is 13.7 Å². The van der Waals surface area contributed by atoms with Gasteiger partial charge in [-0.1, -0.05) is 182 Å². The van der Waals surface area contributed by atoms with Crippen LogP contribution < -0.4 is 0 Å². The van der Waals surface area contributed by atoms with Crippen molar-refractivity contribution in [3.8, 4) is 39.3 Å². The second-order valence-corrected chi connectivity index (χ2v) is 21.8. The Hall–Kier alpha value is -10.4. The number of para-hydroxylation sites is 9. The number of aryl methyl sites for hydroxylation is 1. The predicted octanol–water partition coefficient (Wildman–Crippen LogP) is 20.2. The Balaban J connectivity index is 0.986. The largest absolute Gasteiger partial charge is 0.456 e. The van der Waals surface area contributed by atoms with Crippen LogP contribution >= 0.6 is 0 Å². The van der Waals surface area contributed by atoms with Crippen molar-refractivity contribution in [2.75, 3.05) is 0 Å². The Morgan fingerprint density at radius 3 is 1.30 bits per heavy atom. The van der Waals surface area contributed by atoms with Crippen molar-refractivity contribution in [2.45, 2.75) is 18.8 Å². The topological polar surface area (TPSA) is 41.1 Å². The fourth-order valence-electron chi connectivity index (χ4n) is 14.3. The van der Waals surface area contributed by atoms with Gasteiger partial charge in [-0.2, -0.15) is 0 Å². The summed E-state index contributed by atoms with van der Waals surface area (Å²) in [5, 5.41) is 11.7. The molecule has 1 aliphatic rings. The van der Waals surface area contributed by atoms with E-state index >= 15 is 0 Å². The summed E-state index contributed by atoms with van der Waals surface area (Å²) in [6.07, 6.45) is 1.79. The number of benzene rings is 12. The minimum atomic E-state index is 0.0925. The van der Waals surface area contributed by atoms with Gasteiger partial charge in [0, 0.05) is 76.5 Å². The second kappa shape index (κ2) is 16.6. The van der Waals surface area contributed by atoms with Crippen LogP contribution in [0.25, 0.3) is 149 Å². The average molecular weight is 1020 g/mol. The summed E-state index contributed by atoms with van der Waals surface area (Å²) in [6, 6.07) is 94.1. The molecule has 0 aliphatic heterocycles. The molecule has 0 amide bonds. The Bertz CT molecular complexity index is 5360. The molecule has 5 heterocycles. The lowest BCUT2D eigenvalue weighted by Crippen LogP contribution is -2.04. The van der Waals surface area contributed by atoms with Gasteiger partial charge in [-0.15, -0.1) is 0 Å². The minimum absolute atomic E-state index is 0.0925. The number of nitrogens with zero attached hydrogens (tertiary/aromatic N) is 3. The highest BCUT2D eigenvalue weighted by atomic mass is 16.3. The summed E-state index contributed by atoms with van der Waals surface area (Å²) in [5.74, 6) is 0.0925. The zero-order chi connectivity index (χ0) is 52.2. The second-order valence-electron chi connectivity index (χ2n) is 21.8. The van der Waals surface area contributed by atoms with Gasteiger partial charge in [0.2, 0.25) is 0 Å². The number of aromatic nitrogens is 3. The summed E-state index contributed by atoms with van der Waals surface area (Å²) in [5.41, 5.74) is 22.4. The van der Waals surface area contributed by atoms with Gasteiger partial charge < -0.3 is 22.5 Å². The van der Waals surface area contributed by atoms with E-state index in [0.717, 1.165) is 112 Å². The molecule has 5 nitrogen and oxygen atoms in total. The van der Waals surface area contributed by atoms with Crippen LogP contribution in [-0.2, 0) is 6.42 Å². The summed E-state index contributed by atoms with van der Waals surface area (Å²) in [7, 11) is 0. The molecule has 0 saturated carbocycles. The van der Waals surface area contributed by atoms with Crippen LogP contribution in [0.1, 0.15) is 29.0 Å². The Morgan fingerprint density at radius 1 is 0.275 bits per heavy atom. The molecular formula is C75H47N3O2. The molecule has 1 aliphatic carbocycles. The number of rotatable bonds is 5. The number of hydrogen-bond donors (Lipinski definition) is 0. The summed E-state index contributed by atoms with van der Waals surface area (Å²) >= 11 is 0. The van der Waals surface area contributed by atoms with Crippen LogP contribution in [0.4, 0.5) is 0 Å². The van der Waals surface area contributed by atoms with Crippen molar-refractivity contribution < 1.29 is 8.83 Å². The van der Waals surface area contributed by atoms with E-state index in [0.29, 0.717) is 0 Å². The maximum Gasteiger partial charge on any atom is 0.159 e. The van der Waals surface area contributed by atoms with E-state index in [1.165, 1.54) is 65.8 Å². The van der Waals surface area contributed by atoms with Gasteiger partial charge in [0.05, 0.1) is 50.2 Å². The quantitative estimate of drug-likeness (QED) is 0.172. The molecule has 1 unspecified atom stereocenters. The standard InChI is InChI=1S/C75H47N3O2/c1-2-20-47-46(19-1)48(56-28-17-29-57-54-26-8-15-37-72(54)79-74(56)57)40-39-45-41-69(76-63-31-10-3-21-49(63)50-22-4-11-32-64(50)76)61(42-59(45)47)62-43-60-53-25-7-14-35-67(53)78(68-36-18-30-58-55-27-9-16-38-73(55)80-75(58)68)70(60)44-71(62)77-65-33-12-5-23-51(65)52-24-6-13-34-66(52)77/h1-38,41-44,48H,39-40H2. The molecule has 1 atom stereocenters. The maximum absolute atomic E-state index is 6.87. The normalized spacial score (nSPS) is 13.8. The van der Waals surface area contributed by atoms with Gasteiger partial charge in [0.1, 0.15) is 16.7 Å². The molecule has 80 heavy (non-hydrogen) atoms. The average Bonchev–Trinajstić information content (AvgIpc) is 4.47. The Kier molecular flexibility index (Phi) is 9.06. The van der Waals surface area contributed by atoms with Crippen LogP contribution in [0.3, 0.4) is 0 Å². The zero-order valence-corrected chi connectivity index (χ0v) is 43.4. The monoisotopic (exact) mass is 1020 g/mol. The maximum atomic E-state index is 6.87. The van der Waals surface area contributed by atoms with E-state index in [1.54, 1.807) is 0 Å². The first-order valence-corrected chi connectivity index (χ1v) is 27.8. The molecule has 5 heteroatoms. The van der Waals surface area contributed by atoms with E-state index in [4.69, 9.17) is 8.83 Å². The molecule has 17 aromatic rings. The highest BCUT2D eigenvalue weighted by Crippen LogP contribution is 2.50. The SMILES string of the molecule is c1ccc2c(c1)-c1cc(-c3cc4c5ccccc5n(-c5cccc6c5oc5ccccc56)c4cc3-n3c4ccccc4c4ccccc43)c(-n3c4ccccc4c4ccccc43)cc1CCC2c1cccc2c1oc1ccccc12. The molecule has 0 N–H and O–H groups in total. The fraction of sp³-hybridized carbons (Fsp3) is 0.0400. The smallest absolute Gasteiger partial charge is 0.159 e. The van der Waals surface area contributed by atoms with Gasteiger partial charge in [-0.05, 0) is 108 Å². The Morgan fingerprint density at radius 2 is 0.700 bits per heavy atom. The van der Waals surface area contributed by atoms with Gasteiger partial charge in [-0.3, -0.25) is 0 Å². The Labute approximate surface area is 459 Å². The fourth-order valence-corrected chi connectivity index (χ4v) is 14.3. The van der Waals surface area contributed by atoms with Gasteiger partial charge in [0.25, 0.3) is 0 Å². The van der Waals surface area contributed by atoms with Gasteiger partial charge in [-0.25, -0.2) is 0 Å². The van der Waals surface area contributed by atoms with E-state index in [-0.39, 0.29) is 5.92 Å². The van der Waals surface area contributed by atoms with Crippen LogP contribution in [0.15, 0.2) is 264 Å². The molecular weight excluding hydrogens is 975 g/mol. The highest BCUT2D eigenvalue weighted by molar-refractivity contribution is 6.17. The summed E-state index contributed by atoms with van der Waals surface area (Å²) < 4.78 is 21.2. The number of furan rings is 2. The third kappa shape index (κ3) is 6.06. The lowest BCUT2D eigenvalue weighted by Gasteiger charge is -2.22. The lowest BCUT2D eigenvalue weighted by atomic mass is 9.85. The molecule has 0 saturated heterocycles. The first-order valence-electron chi connectivity index (χ1n) is 27.8. The first kappa shape index (κ1) is 43.7. The van der Waals surface area contributed by atoms with Crippen molar-refractivity contribution >= 4 is 109 Å². The van der Waals surface area contributed by atoms with Crippen molar-refractivity contribution in [2.24, 2.45) is 0 Å². The van der Waals surface area contributed by atoms with Crippen molar-refractivity contribution in [1.29, 1.82) is 0 Å². The van der Waals surface area contributed by atoms with Gasteiger partial charge in [0.15, 0.2) is 5.58 Å². The minimum Gasteiger partial charge on any atom is -0.456 e. The predicted molar refractivity (Wildman–Crippen MR) is 331 cm³/mol. The first-order chi connectivity index (χ1) is 39.7. The van der Waals surface area contributed by atoms with E-state index in [9.17, 15) is 0 Å². The molecule has 374 valence electrons. The highest BCUT2D eigenvalue weighted by Gasteiger charge is 2.31. The number of hydrogen-bond acceptors (Lipinski definition) is 2. The molecule has 0 spiro atoms. The lowest BCUT2D eigenvalue weighted by molar-refractivity contribution is 0.647. The third-order valence-electron chi connectivity index (χ3n) is 17.7.